The van der Waals surface area contributed by atoms with Crippen LogP contribution in [-0.4, -0.2) is 30.0 Å². The van der Waals surface area contributed by atoms with Crippen molar-refractivity contribution in [3.05, 3.63) is 35.9 Å². The van der Waals surface area contributed by atoms with E-state index in [2.05, 4.69) is 9.99 Å². The van der Waals surface area contributed by atoms with Crippen LogP contribution in [0.2, 0.25) is 0 Å². The van der Waals surface area contributed by atoms with Crippen LogP contribution in [-0.2, 0) is 19.2 Å². The van der Waals surface area contributed by atoms with E-state index in [0.717, 1.165) is 6.92 Å². The van der Waals surface area contributed by atoms with Gasteiger partial charge in [-0.05, 0) is 6.92 Å². The van der Waals surface area contributed by atoms with Gasteiger partial charge in [-0.3, -0.25) is 4.79 Å². The summed E-state index contributed by atoms with van der Waals surface area (Å²) in [5, 5.41) is 3.26. The number of rotatable bonds is 5. The minimum Gasteiger partial charge on any atom is -0.461 e. The lowest BCUT2D eigenvalue weighted by molar-refractivity contribution is -0.141. The lowest BCUT2D eigenvalue weighted by Crippen LogP contribution is -2.27. The van der Waals surface area contributed by atoms with Gasteiger partial charge in [-0.2, -0.15) is 0 Å². The summed E-state index contributed by atoms with van der Waals surface area (Å²) in [5.74, 6) is -2.33. The summed E-state index contributed by atoms with van der Waals surface area (Å²) >= 11 is 0. The first-order valence-corrected chi connectivity index (χ1v) is 5.58. The highest BCUT2D eigenvalue weighted by molar-refractivity contribution is 6.67. The highest BCUT2D eigenvalue weighted by atomic mass is 16.7. The van der Waals surface area contributed by atoms with Gasteiger partial charge in [-0.1, -0.05) is 35.5 Å². The van der Waals surface area contributed by atoms with Crippen molar-refractivity contribution >= 4 is 23.4 Å². The fourth-order valence-electron chi connectivity index (χ4n) is 1.21. The second-order valence-electron chi connectivity index (χ2n) is 3.44. The number of oxime groups is 1. The van der Waals surface area contributed by atoms with Crippen molar-refractivity contribution in [1.82, 2.24) is 0 Å². The number of hydrogen-bond acceptors (Lipinski definition) is 6. The Morgan fingerprint density at radius 3 is 2.32 bits per heavy atom. The Bertz CT molecular complexity index is 507. The van der Waals surface area contributed by atoms with E-state index in [1.54, 1.807) is 25.1 Å². The Morgan fingerprint density at radius 2 is 1.79 bits per heavy atom. The largest absolute Gasteiger partial charge is 0.461 e. The van der Waals surface area contributed by atoms with E-state index in [1.807, 2.05) is 0 Å². The summed E-state index contributed by atoms with van der Waals surface area (Å²) in [4.78, 5) is 38.7. The van der Waals surface area contributed by atoms with Gasteiger partial charge in [0.15, 0.2) is 0 Å². The summed E-state index contributed by atoms with van der Waals surface area (Å²) in [6.45, 7) is 2.79. The number of ketones is 1. The number of carbonyl (C=O) groups is 3. The molecule has 6 nitrogen and oxygen atoms in total. The Balaban J connectivity index is 3.03. The van der Waals surface area contributed by atoms with Crippen LogP contribution in [0.15, 0.2) is 35.5 Å². The lowest BCUT2D eigenvalue weighted by atomic mass is 10.1. The molecule has 0 unspecified atom stereocenters. The summed E-state index contributed by atoms with van der Waals surface area (Å²) < 4.78 is 4.70. The average molecular weight is 263 g/mol. The van der Waals surface area contributed by atoms with Gasteiger partial charge in [0.05, 0.1) is 6.61 Å². The number of nitrogens with zero attached hydrogens (tertiary/aromatic N) is 1. The number of Topliss-reactive ketones (excluding diaryl/α,β-unsaturated/α-hetero) is 1. The molecule has 1 rings (SSSR count). The summed E-state index contributed by atoms with van der Waals surface area (Å²) in [6, 6.07) is 8.05. The third kappa shape index (κ3) is 4.34. The number of esters is 1. The molecule has 0 aliphatic carbocycles. The molecule has 0 amide bonds. The minimum atomic E-state index is -0.933. The third-order valence-electron chi connectivity index (χ3n) is 1.99. The Kier molecular flexibility index (Phi) is 5.40. The number of hydrogen-bond donors (Lipinski definition) is 0. The first kappa shape index (κ1) is 14.6. The van der Waals surface area contributed by atoms with E-state index < -0.39 is 23.4 Å². The Hall–Kier alpha value is -2.50. The quantitative estimate of drug-likeness (QED) is 0.200. The first-order valence-electron chi connectivity index (χ1n) is 5.58. The van der Waals surface area contributed by atoms with Crippen LogP contribution in [0.1, 0.15) is 24.2 Å². The molecular weight excluding hydrogens is 250 g/mol. The van der Waals surface area contributed by atoms with Gasteiger partial charge in [0.1, 0.15) is 0 Å². The number of benzene rings is 1. The maximum atomic E-state index is 12.1. The molecule has 1 aromatic carbocycles. The second-order valence-corrected chi connectivity index (χ2v) is 3.44. The molecule has 0 aliphatic rings. The molecular formula is C13H13NO5. The topological polar surface area (TPSA) is 82.0 Å². The molecule has 1 aromatic rings. The fourth-order valence-corrected chi connectivity index (χ4v) is 1.21. The van der Waals surface area contributed by atoms with Gasteiger partial charge in [0, 0.05) is 12.5 Å². The van der Waals surface area contributed by atoms with Crippen molar-refractivity contribution < 1.29 is 24.0 Å². The molecule has 0 saturated heterocycles. The third-order valence-corrected chi connectivity index (χ3v) is 1.99. The van der Waals surface area contributed by atoms with Crippen LogP contribution in [0.3, 0.4) is 0 Å². The highest BCUT2D eigenvalue weighted by Gasteiger charge is 2.24. The van der Waals surface area contributed by atoms with E-state index in [4.69, 9.17) is 4.74 Å². The van der Waals surface area contributed by atoms with Crippen LogP contribution in [0.4, 0.5) is 0 Å². The highest BCUT2D eigenvalue weighted by Crippen LogP contribution is 2.03. The van der Waals surface area contributed by atoms with Gasteiger partial charge in [0.25, 0.3) is 0 Å². The molecule has 0 aliphatic heterocycles. The standard InChI is InChI=1S/C13H13NO5/c1-3-18-13(17)11(14-19-9(2)15)12(16)10-7-5-4-6-8-10/h4-8H,3H2,1-2H3/b14-11-. The predicted octanol–water partition coefficient (Wildman–Crippen LogP) is 1.35. The predicted molar refractivity (Wildman–Crippen MR) is 66.6 cm³/mol. The van der Waals surface area contributed by atoms with E-state index >= 15 is 0 Å². The van der Waals surface area contributed by atoms with Crippen LogP contribution in [0.25, 0.3) is 0 Å². The van der Waals surface area contributed by atoms with Crippen molar-refractivity contribution in [2.45, 2.75) is 13.8 Å². The SMILES string of the molecule is CCOC(=O)/C(=N\OC(C)=O)C(=O)c1ccccc1. The van der Waals surface area contributed by atoms with Crippen molar-refractivity contribution in [1.29, 1.82) is 0 Å². The van der Waals surface area contributed by atoms with Crippen molar-refractivity contribution in [2.75, 3.05) is 6.61 Å². The Labute approximate surface area is 110 Å². The molecule has 0 atom stereocenters. The minimum absolute atomic E-state index is 0.0833. The zero-order valence-corrected chi connectivity index (χ0v) is 10.6. The zero-order valence-electron chi connectivity index (χ0n) is 10.6. The van der Waals surface area contributed by atoms with Gasteiger partial charge in [-0.25, -0.2) is 9.59 Å². The zero-order chi connectivity index (χ0) is 14.3. The van der Waals surface area contributed by atoms with Gasteiger partial charge in [0.2, 0.25) is 11.5 Å². The lowest BCUT2D eigenvalue weighted by Gasteiger charge is -2.04. The van der Waals surface area contributed by atoms with E-state index in [0.29, 0.717) is 0 Å². The number of ether oxygens (including phenoxy) is 1. The van der Waals surface area contributed by atoms with Crippen molar-refractivity contribution in [3.8, 4) is 0 Å². The fraction of sp³-hybridized carbons (Fsp3) is 0.231. The van der Waals surface area contributed by atoms with Crippen LogP contribution in [0, 0.1) is 0 Å². The van der Waals surface area contributed by atoms with Crippen LogP contribution >= 0.6 is 0 Å². The van der Waals surface area contributed by atoms with Crippen molar-refractivity contribution in [3.63, 3.8) is 0 Å². The molecule has 100 valence electrons. The maximum Gasteiger partial charge on any atom is 0.364 e. The summed E-state index contributed by atoms with van der Waals surface area (Å²) in [7, 11) is 0. The Morgan fingerprint density at radius 1 is 1.16 bits per heavy atom. The molecule has 0 heterocycles. The molecule has 0 radical (unpaired) electrons. The van der Waals surface area contributed by atoms with Gasteiger partial charge < -0.3 is 9.57 Å². The summed E-state index contributed by atoms with van der Waals surface area (Å²) in [5.41, 5.74) is -0.315. The van der Waals surface area contributed by atoms with E-state index in [-0.39, 0.29) is 12.2 Å². The van der Waals surface area contributed by atoms with Gasteiger partial charge >= 0.3 is 11.9 Å². The maximum absolute atomic E-state index is 12.1. The van der Waals surface area contributed by atoms with Crippen LogP contribution in [0.5, 0.6) is 0 Å². The van der Waals surface area contributed by atoms with Gasteiger partial charge in [-0.15, -0.1) is 0 Å². The second kappa shape index (κ2) is 7.05. The van der Waals surface area contributed by atoms with Crippen LogP contribution < -0.4 is 0 Å². The molecule has 0 N–H and O–H groups in total. The molecule has 0 fully saturated rings. The number of carbonyl (C=O) groups excluding carboxylic acids is 3. The molecule has 0 bridgehead atoms. The van der Waals surface area contributed by atoms with E-state index in [9.17, 15) is 14.4 Å². The smallest absolute Gasteiger partial charge is 0.364 e. The molecule has 6 heteroatoms. The monoisotopic (exact) mass is 263 g/mol. The molecule has 0 aromatic heterocycles. The molecule has 19 heavy (non-hydrogen) atoms. The van der Waals surface area contributed by atoms with Crippen molar-refractivity contribution in [2.24, 2.45) is 5.16 Å². The summed E-state index contributed by atoms with van der Waals surface area (Å²) in [6.07, 6.45) is 0. The average Bonchev–Trinajstić information content (AvgIpc) is 2.39. The molecule has 0 saturated carbocycles. The normalized spacial score (nSPS) is 10.7. The molecule has 0 spiro atoms. The first-order chi connectivity index (χ1) is 9.06. The van der Waals surface area contributed by atoms with E-state index in [1.165, 1.54) is 12.1 Å².